The molecule has 0 saturated carbocycles. The quantitative estimate of drug-likeness (QED) is 0.494. The van der Waals surface area contributed by atoms with Crippen LogP contribution in [0.1, 0.15) is 30.1 Å². The van der Waals surface area contributed by atoms with Crippen molar-refractivity contribution in [3.63, 3.8) is 0 Å². The summed E-state index contributed by atoms with van der Waals surface area (Å²) in [5.74, 6) is -3.89. The lowest BCUT2D eigenvalue weighted by molar-refractivity contribution is -0.148. The third-order valence-electron chi connectivity index (χ3n) is 6.03. The molecular weight excluding hydrogens is 507 g/mol. The van der Waals surface area contributed by atoms with Crippen LogP contribution in [-0.2, 0) is 43.7 Å². The number of primary amides is 1. The molecule has 3 heterocycles. The van der Waals surface area contributed by atoms with Crippen LogP contribution in [0.4, 0.5) is 18.9 Å². The molecule has 0 unspecified atom stereocenters. The van der Waals surface area contributed by atoms with Gasteiger partial charge in [-0.25, -0.2) is 8.42 Å². The number of benzene rings is 1. The van der Waals surface area contributed by atoms with E-state index in [4.69, 9.17) is 5.73 Å². The molecule has 2 aliphatic rings. The summed E-state index contributed by atoms with van der Waals surface area (Å²) in [5, 5.41) is 6.58. The first kappa shape index (κ1) is 25.6. The van der Waals surface area contributed by atoms with Crippen molar-refractivity contribution in [2.24, 2.45) is 5.73 Å². The highest BCUT2D eigenvalue weighted by Crippen LogP contribution is 2.31. The van der Waals surface area contributed by atoms with Gasteiger partial charge in [0.25, 0.3) is 5.91 Å². The van der Waals surface area contributed by atoms with Gasteiger partial charge in [0.1, 0.15) is 0 Å². The molecule has 4 rings (SSSR count). The summed E-state index contributed by atoms with van der Waals surface area (Å²) in [7, 11) is -4.48. The van der Waals surface area contributed by atoms with Gasteiger partial charge in [-0.05, 0) is 31.0 Å². The first-order valence-electron chi connectivity index (χ1n) is 10.8. The fourth-order valence-electron chi connectivity index (χ4n) is 4.28. The Bertz CT molecular complexity index is 1340. The van der Waals surface area contributed by atoms with Crippen LogP contribution in [0.2, 0.25) is 0 Å². The van der Waals surface area contributed by atoms with Crippen molar-refractivity contribution in [2.75, 3.05) is 18.0 Å². The van der Waals surface area contributed by atoms with Gasteiger partial charge in [-0.2, -0.15) is 17.9 Å². The SMILES string of the molecule is Cc1c(N2CCCC2=O)cccc1S(=O)(=O)N[C@@H](C(N)=O)C(=O)N1CCn2c(nnc2C(F)(F)F)C1. The van der Waals surface area contributed by atoms with Crippen molar-refractivity contribution in [3.05, 3.63) is 35.4 Å². The number of sulfonamides is 1. The van der Waals surface area contributed by atoms with Crippen molar-refractivity contribution in [3.8, 4) is 0 Å². The van der Waals surface area contributed by atoms with E-state index >= 15 is 0 Å². The van der Waals surface area contributed by atoms with Crippen LogP contribution in [0.25, 0.3) is 0 Å². The summed E-state index contributed by atoms with van der Waals surface area (Å²) < 4.78 is 68.4. The fraction of sp³-hybridized carbons (Fsp3) is 0.450. The predicted molar refractivity (Wildman–Crippen MR) is 117 cm³/mol. The Hall–Kier alpha value is -3.53. The number of carbonyl (C=O) groups excluding carboxylic acids is 3. The first-order valence-corrected chi connectivity index (χ1v) is 12.3. The second-order valence-corrected chi connectivity index (χ2v) is 10.0. The number of fused-ring (bicyclic) bond motifs is 1. The highest BCUT2D eigenvalue weighted by molar-refractivity contribution is 7.89. The summed E-state index contributed by atoms with van der Waals surface area (Å²) in [6.45, 7) is 0.913. The van der Waals surface area contributed by atoms with Crippen LogP contribution in [-0.4, -0.2) is 64.9 Å². The van der Waals surface area contributed by atoms with Crippen molar-refractivity contribution in [2.45, 2.75) is 50.0 Å². The average molecular weight is 530 g/mol. The molecule has 3 N–H and O–H groups in total. The Morgan fingerprint density at radius 3 is 2.50 bits per heavy atom. The molecule has 2 aromatic rings. The standard InChI is InChI=1S/C20H22F3N7O5S/c1-11-12(29-7-3-6-15(29)31)4-2-5-13(11)36(34,35)27-16(17(24)32)18(33)28-8-9-30-14(10-28)25-26-19(30)20(21,22)23/h2,4-5,16,27H,3,6-10H2,1H3,(H2,24,32)/t16-/m0/s1. The number of carbonyl (C=O) groups is 3. The Balaban J connectivity index is 1.57. The minimum absolute atomic E-state index is 0.155. The second kappa shape index (κ2) is 9.16. The van der Waals surface area contributed by atoms with E-state index < -0.39 is 46.4 Å². The lowest BCUT2D eigenvalue weighted by Crippen LogP contribution is -2.56. The highest BCUT2D eigenvalue weighted by Gasteiger charge is 2.41. The normalized spacial score (nSPS) is 17.3. The minimum Gasteiger partial charge on any atom is -0.368 e. The van der Waals surface area contributed by atoms with Crippen molar-refractivity contribution < 1.29 is 36.0 Å². The zero-order valence-corrected chi connectivity index (χ0v) is 19.8. The predicted octanol–water partition coefficient (Wildman–Crippen LogP) is -0.0933. The van der Waals surface area contributed by atoms with E-state index in [0.717, 1.165) is 9.47 Å². The fourth-order valence-corrected chi connectivity index (χ4v) is 5.70. The number of halogens is 3. The largest absolute Gasteiger partial charge is 0.451 e. The molecule has 0 spiro atoms. The first-order chi connectivity index (χ1) is 16.8. The maximum Gasteiger partial charge on any atom is 0.451 e. The Morgan fingerprint density at radius 2 is 1.89 bits per heavy atom. The van der Waals surface area contributed by atoms with Gasteiger partial charge in [0.05, 0.1) is 11.4 Å². The third-order valence-corrected chi connectivity index (χ3v) is 7.60. The maximum absolute atomic E-state index is 13.2. The molecule has 12 nitrogen and oxygen atoms in total. The lowest BCUT2D eigenvalue weighted by atomic mass is 10.2. The van der Waals surface area contributed by atoms with Crippen LogP contribution in [0, 0.1) is 6.92 Å². The molecule has 1 fully saturated rings. The molecule has 0 aliphatic carbocycles. The molecule has 1 aromatic heterocycles. The molecule has 0 radical (unpaired) electrons. The average Bonchev–Trinajstić information content (AvgIpc) is 3.42. The van der Waals surface area contributed by atoms with Gasteiger partial charge in [0.15, 0.2) is 11.9 Å². The minimum atomic E-state index is -4.74. The molecule has 36 heavy (non-hydrogen) atoms. The number of hydrogen-bond acceptors (Lipinski definition) is 7. The monoisotopic (exact) mass is 529 g/mol. The van der Waals surface area contributed by atoms with Crippen LogP contribution < -0.4 is 15.4 Å². The van der Waals surface area contributed by atoms with Gasteiger partial charge in [0.2, 0.25) is 27.7 Å². The molecule has 1 aromatic carbocycles. The number of amides is 3. The molecule has 0 bridgehead atoms. The molecule has 1 saturated heterocycles. The van der Waals surface area contributed by atoms with E-state index in [1.807, 2.05) is 4.72 Å². The van der Waals surface area contributed by atoms with Gasteiger partial charge in [-0.15, -0.1) is 10.2 Å². The van der Waals surface area contributed by atoms with Gasteiger partial charge < -0.3 is 20.1 Å². The number of nitrogens with two attached hydrogens (primary N) is 1. The summed E-state index contributed by atoms with van der Waals surface area (Å²) in [4.78, 5) is 39.4. The van der Waals surface area contributed by atoms with E-state index in [2.05, 4.69) is 10.2 Å². The van der Waals surface area contributed by atoms with E-state index in [9.17, 15) is 36.0 Å². The summed E-state index contributed by atoms with van der Waals surface area (Å²) in [6.07, 6.45) is -3.78. The maximum atomic E-state index is 13.2. The van der Waals surface area contributed by atoms with Crippen LogP contribution in [0.5, 0.6) is 0 Å². The van der Waals surface area contributed by atoms with E-state index in [1.165, 1.54) is 24.0 Å². The second-order valence-electron chi connectivity index (χ2n) is 8.35. The van der Waals surface area contributed by atoms with E-state index in [1.54, 1.807) is 6.07 Å². The number of alkyl halides is 3. The Labute approximate surface area is 203 Å². The molecule has 194 valence electrons. The van der Waals surface area contributed by atoms with Crippen molar-refractivity contribution in [1.29, 1.82) is 0 Å². The van der Waals surface area contributed by atoms with Crippen molar-refractivity contribution >= 4 is 33.4 Å². The zero-order chi connectivity index (χ0) is 26.4. The Kier molecular flexibility index (Phi) is 6.51. The smallest absolute Gasteiger partial charge is 0.368 e. The number of anilines is 1. The third kappa shape index (κ3) is 4.65. The summed E-state index contributed by atoms with van der Waals surface area (Å²) >= 11 is 0. The molecular formula is C20H22F3N7O5S. The summed E-state index contributed by atoms with van der Waals surface area (Å²) in [6, 6.07) is 2.25. The lowest BCUT2D eigenvalue weighted by Gasteiger charge is -2.30. The van der Waals surface area contributed by atoms with Crippen LogP contribution in [0.15, 0.2) is 23.1 Å². The van der Waals surface area contributed by atoms with E-state index in [-0.39, 0.29) is 35.3 Å². The molecule has 2 aliphatic heterocycles. The van der Waals surface area contributed by atoms with Crippen LogP contribution in [0.3, 0.4) is 0 Å². The van der Waals surface area contributed by atoms with E-state index in [0.29, 0.717) is 25.1 Å². The molecule has 1 atom stereocenters. The van der Waals surface area contributed by atoms with Gasteiger partial charge in [-0.1, -0.05) is 6.07 Å². The zero-order valence-electron chi connectivity index (χ0n) is 18.9. The number of rotatable bonds is 6. The van der Waals surface area contributed by atoms with Crippen LogP contribution >= 0.6 is 0 Å². The molecule has 16 heteroatoms. The summed E-state index contributed by atoms with van der Waals surface area (Å²) in [5.41, 5.74) is 5.95. The molecule has 3 amide bonds. The highest BCUT2D eigenvalue weighted by atomic mass is 32.2. The van der Waals surface area contributed by atoms with Gasteiger partial charge in [-0.3, -0.25) is 14.4 Å². The number of nitrogens with zero attached hydrogens (tertiary/aromatic N) is 5. The number of hydrogen-bond donors (Lipinski definition) is 2. The topological polar surface area (TPSA) is 161 Å². The number of aromatic nitrogens is 3. The van der Waals surface area contributed by atoms with Gasteiger partial charge in [0, 0.05) is 31.7 Å². The Morgan fingerprint density at radius 1 is 1.17 bits per heavy atom. The van der Waals surface area contributed by atoms with Gasteiger partial charge >= 0.3 is 6.18 Å². The van der Waals surface area contributed by atoms with Crippen molar-refractivity contribution in [1.82, 2.24) is 24.4 Å². The number of nitrogens with one attached hydrogen (secondary N) is 1.